The third-order valence-electron chi connectivity index (χ3n) is 4.36. The number of carboxylic acid groups (broad SMARTS) is 1. The Kier molecular flexibility index (Phi) is 8.08. The Balaban J connectivity index is 1.59. The van der Waals surface area contributed by atoms with Gasteiger partial charge < -0.3 is 20.5 Å². The molecule has 138 valence electrons. The highest BCUT2D eigenvalue weighted by Gasteiger charge is 2.23. The number of piperidine rings is 1. The van der Waals surface area contributed by atoms with E-state index in [1.165, 1.54) is 0 Å². The first kappa shape index (κ1) is 19.6. The molecule has 7 heteroatoms. The molecule has 0 unspecified atom stereocenters. The van der Waals surface area contributed by atoms with Crippen molar-refractivity contribution in [3.8, 4) is 0 Å². The van der Waals surface area contributed by atoms with Gasteiger partial charge in [0, 0.05) is 18.8 Å². The molecule has 0 spiro atoms. The first-order valence-corrected chi connectivity index (χ1v) is 9.73. The zero-order valence-corrected chi connectivity index (χ0v) is 15.1. The molecule has 1 aromatic rings. The second-order valence-electron chi connectivity index (χ2n) is 6.28. The van der Waals surface area contributed by atoms with Crippen LogP contribution in [0.5, 0.6) is 0 Å². The summed E-state index contributed by atoms with van der Waals surface area (Å²) in [5, 5.41) is 8.74. The number of nitrogens with two attached hydrogens (primary N) is 1. The van der Waals surface area contributed by atoms with Crippen molar-refractivity contribution in [1.29, 1.82) is 0 Å². The number of amides is 1. The maximum atomic E-state index is 12.1. The summed E-state index contributed by atoms with van der Waals surface area (Å²) in [7, 11) is 0. The molecule has 0 radical (unpaired) electrons. The van der Waals surface area contributed by atoms with Gasteiger partial charge in [0.1, 0.15) is 12.6 Å². The SMILES string of the molecule is N[C@@H](CSCCC1CCN(C(=O)OCc2ccccc2)CC1)C(=O)O. The summed E-state index contributed by atoms with van der Waals surface area (Å²) in [5.41, 5.74) is 6.47. The lowest BCUT2D eigenvalue weighted by Crippen LogP contribution is -2.38. The summed E-state index contributed by atoms with van der Waals surface area (Å²) in [6.07, 6.45) is 2.71. The minimum Gasteiger partial charge on any atom is -0.480 e. The Morgan fingerprint density at radius 1 is 1.28 bits per heavy atom. The van der Waals surface area contributed by atoms with Gasteiger partial charge in [-0.05, 0) is 36.5 Å². The van der Waals surface area contributed by atoms with Crippen LogP contribution >= 0.6 is 11.8 Å². The number of carbonyl (C=O) groups is 2. The lowest BCUT2D eigenvalue weighted by atomic mass is 9.95. The van der Waals surface area contributed by atoms with Crippen LogP contribution < -0.4 is 5.73 Å². The highest BCUT2D eigenvalue weighted by Crippen LogP contribution is 2.23. The lowest BCUT2D eigenvalue weighted by molar-refractivity contribution is -0.137. The van der Waals surface area contributed by atoms with Gasteiger partial charge >= 0.3 is 12.1 Å². The van der Waals surface area contributed by atoms with E-state index in [2.05, 4.69) is 0 Å². The predicted molar refractivity (Wildman–Crippen MR) is 98.5 cm³/mol. The normalized spacial score (nSPS) is 16.4. The molecule has 0 aromatic heterocycles. The number of benzene rings is 1. The summed E-state index contributed by atoms with van der Waals surface area (Å²) in [5.74, 6) is 0.978. The van der Waals surface area contributed by atoms with Crippen LogP contribution in [0.25, 0.3) is 0 Å². The zero-order chi connectivity index (χ0) is 18.1. The number of ether oxygens (including phenoxy) is 1. The third kappa shape index (κ3) is 6.96. The number of carboxylic acids is 1. The van der Waals surface area contributed by atoms with Gasteiger partial charge in [-0.25, -0.2) is 4.79 Å². The molecule has 1 aliphatic heterocycles. The maximum Gasteiger partial charge on any atom is 0.410 e. The summed E-state index contributed by atoms with van der Waals surface area (Å²) in [6.45, 7) is 1.75. The molecule has 1 aliphatic rings. The smallest absolute Gasteiger partial charge is 0.410 e. The van der Waals surface area contributed by atoms with E-state index >= 15 is 0 Å². The minimum atomic E-state index is -0.949. The molecule has 2 rings (SSSR count). The van der Waals surface area contributed by atoms with Gasteiger partial charge in [0.15, 0.2) is 0 Å². The Bertz CT molecular complexity index is 547. The monoisotopic (exact) mass is 366 g/mol. The number of hydrogen-bond acceptors (Lipinski definition) is 5. The molecule has 0 aliphatic carbocycles. The van der Waals surface area contributed by atoms with E-state index in [0.717, 1.165) is 43.7 Å². The highest BCUT2D eigenvalue weighted by molar-refractivity contribution is 7.99. The number of aliphatic carboxylic acids is 1. The number of likely N-dealkylation sites (tertiary alicyclic amines) is 1. The van der Waals surface area contributed by atoms with Gasteiger partial charge in [-0.2, -0.15) is 11.8 Å². The minimum absolute atomic E-state index is 0.246. The van der Waals surface area contributed by atoms with Crippen LogP contribution in [-0.2, 0) is 16.1 Å². The van der Waals surface area contributed by atoms with Crippen molar-refractivity contribution >= 4 is 23.8 Å². The Morgan fingerprint density at radius 3 is 2.60 bits per heavy atom. The Labute approximate surface area is 152 Å². The molecule has 1 aromatic carbocycles. The van der Waals surface area contributed by atoms with Crippen molar-refractivity contribution in [1.82, 2.24) is 4.90 Å². The second-order valence-corrected chi connectivity index (χ2v) is 7.43. The largest absolute Gasteiger partial charge is 0.480 e. The van der Waals surface area contributed by atoms with Gasteiger partial charge in [-0.3, -0.25) is 4.79 Å². The van der Waals surface area contributed by atoms with Crippen molar-refractivity contribution in [2.24, 2.45) is 11.7 Å². The van der Waals surface area contributed by atoms with Crippen molar-refractivity contribution in [2.45, 2.75) is 31.9 Å². The molecule has 1 amide bonds. The number of thioether (sulfide) groups is 1. The van der Waals surface area contributed by atoms with E-state index in [9.17, 15) is 9.59 Å². The molecule has 1 fully saturated rings. The average molecular weight is 366 g/mol. The first-order valence-electron chi connectivity index (χ1n) is 8.58. The summed E-state index contributed by atoms with van der Waals surface area (Å²) < 4.78 is 5.36. The van der Waals surface area contributed by atoms with E-state index in [0.29, 0.717) is 18.3 Å². The molecule has 1 heterocycles. The average Bonchev–Trinajstić information content (AvgIpc) is 2.64. The number of hydrogen-bond donors (Lipinski definition) is 2. The quantitative estimate of drug-likeness (QED) is 0.687. The van der Waals surface area contributed by atoms with Crippen LogP contribution in [0, 0.1) is 5.92 Å². The lowest BCUT2D eigenvalue weighted by Gasteiger charge is -2.31. The molecule has 6 nitrogen and oxygen atoms in total. The molecule has 25 heavy (non-hydrogen) atoms. The van der Waals surface area contributed by atoms with E-state index in [1.807, 2.05) is 30.3 Å². The topological polar surface area (TPSA) is 92.9 Å². The van der Waals surface area contributed by atoms with Crippen LogP contribution in [-0.4, -0.2) is 52.7 Å². The van der Waals surface area contributed by atoms with Gasteiger partial charge in [-0.15, -0.1) is 0 Å². The third-order valence-corrected chi connectivity index (χ3v) is 5.48. The van der Waals surface area contributed by atoms with Gasteiger partial charge in [0.25, 0.3) is 0 Å². The van der Waals surface area contributed by atoms with E-state index in [1.54, 1.807) is 16.7 Å². The van der Waals surface area contributed by atoms with Crippen LogP contribution in [0.3, 0.4) is 0 Å². The zero-order valence-electron chi connectivity index (χ0n) is 14.3. The molecule has 3 N–H and O–H groups in total. The molecule has 0 bridgehead atoms. The second kappa shape index (κ2) is 10.3. The van der Waals surface area contributed by atoms with Crippen LogP contribution in [0.1, 0.15) is 24.8 Å². The van der Waals surface area contributed by atoms with Crippen molar-refractivity contribution < 1.29 is 19.4 Å². The molecular formula is C18H26N2O4S. The Morgan fingerprint density at radius 2 is 1.96 bits per heavy atom. The number of nitrogens with zero attached hydrogens (tertiary/aromatic N) is 1. The fourth-order valence-electron chi connectivity index (χ4n) is 2.75. The standard InChI is InChI=1S/C18H26N2O4S/c19-16(17(21)22)13-25-11-8-14-6-9-20(10-7-14)18(23)24-12-15-4-2-1-3-5-15/h1-5,14,16H,6-13,19H2,(H,21,22)/t16-/m0/s1. The van der Waals surface area contributed by atoms with Crippen molar-refractivity contribution in [3.63, 3.8) is 0 Å². The van der Waals surface area contributed by atoms with Gasteiger partial charge in [0.05, 0.1) is 0 Å². The summed E-state index contributed by atoms with van der Waals surface area (Å²) in [4.78, 5) is 24.5. The van der Waals surface area contributed by atoms with Crippen LogP contribution in [0.4, 0.5) is 4.79 Å². The first-order chi connectivity index (χ1) is 12.1. The predicted octanol–water partition coefficient (Wildman–Crippen LogP) is 2.57. The summed E-state index contributed by atoms with van der Waals surface area (Å²) in [6, 6.07) is 8.88. The van der Waals surface area contributed by atoms with E-state index in [-0.39, 0.29) is 6.09 Å². The molecular weight excluding hydrogens is 340 g/mol. The Hall–Kier alpha value is -1.73. The fraction of sp³-hybridized carbons (Fsp3) is 0.556. The van der Waals surface area contributed by atoms with Gasteiger partial charge in [0.2, 0.25) is 0 Å². The van der Waals surface area contributed by atoms with Gasteiger partial charge in [-0.1, -0.05) is 30.3 Å². The fourth-order valence-corrected chi connectivity index (χ4v) is 3.81. The molecule has 1 saturated heterocycles. The number of carbonyl (C=O) groups excluding carboxylic acids is 1. The van der Waals surface area contributed by atoms with E-state index in [4.69, 9.17) is 15.6 Å². The van der Waals surface area contributed by atoms with Crippen LogP contribution in [0.15, 0.2) is 30.3 Å². The molecule has 0 saturated carbocycles. The van der Waals surface area contributed by atoms with Crippen LogP contribution in [0.2, 0.25) is 0 Å². The van der Waals surface area contributed by atoms with Crippen molar-refractivity contribution in [3.05, 3.63) is 35.9 Å². The molecule has 1 atom stereocenters. The highest BCUT2D eigenvalue weighted by atomic mass is 32.2. The van der Waals surface area contributed by atoms with Crippen molar-refractivity contribution in [2.75, 3.05) is 24.6 Å². The number of rotatable bonds is 8. The summed E-state index contributed by atoms with van der Waals surface area (Å²) >= 11 is 1.59. The maximum absolute atomic E-state index is 12.1. The van der Waals surface area contributed by atoms with E-state index < -0.39 is 12.0 Å².